The van der Waals surface area contributed by atoms with Gasteiger partial charge in [0.2, 0.25) is 5.91 Å². The zero-order valence-electron chi connectivity index (χ0n) is 9.46. The quantitative estimate of drug-likeness (QED) is 0.659. The molecule has 3 nitrogen and oxygen atoms in total. The van der Waals surface area contributed by atoms with Crippen molar-refractivity contribution in [2.75, 3.05) is 19.6 Å². The molecule has 0 aromatic heterocycles. The smallest absolute Gasteiger partial charge is 0.240 e. The molecule has 0 radical (unpaired) electrons. The molecule has 1 amide bonds. The summed E-state index contributed by atoms with van der Waals surface area (Å²) in [6, 6.07) is 0.0876. The Bertz CT molecular complexity index is 267. The predicted molar refractivity (Wildman–Crippen MR) is 60.6 cm³/mol. The van der Waals surface area contributed by atoms with Crippen LogP contribution in [-0.2, 0) is 4.79 Å². The molecule has 3 heteroatoms. The second kappa shape index (κ2) is 4.79. The van der Waals surface area contributed by atoms with E-state index < -0.39 is 0 Å². The molecule has 1 N–H and O–H groups in total. The maximum absolute atomic E-state index is 12.1. The third-order valence-electron chi connectivity index (χ3n) is 3.25. The van der Waals surface area contributed by atoms with Gasteiger partial charge >= 0.3 is 0 Å². The van der Waals surface area contributed by atoms with Crippen LogP contribution in [0.25, 0.3) is 0 Å². The average molecular weight is 208 g/mol. The van der Waals surface area contributed by atoms with Gasteiger partial charge in [-0.25, -0.2) is 0 Å². The second-order valence-electron chi connectivity index (χ2n) is 4.60. The minimum Gasteiger partial charge on any atom is -0.337 e. The molecule has 1 atom stereocenters. The van der Waals surface area contributed by atoms with Crippen molar-refractivity contribution in [3.05, 3.63) is 11.6 Å². The molecule has 84 valence electrons. The molecule has 2 aliphatic rings. The molecule has 2 rings (SSSR count). The highest BCUT2D eigenvalue weighted by atomic mass is 16.2. The lowest BCUT2D eigenvalue weighted by molar-refractivity contribution is -0.133. The lowest BCUT2D eigenvalue weighted by atomic mass is 10.0. The highest BCUT2D eigenvalue weighted by Gasteiger charge is 2.26. The van der Waals surface area contributed by atoms with Crippen molar-refractivity contribution in [3.63, 3.8) is 0 Å². The first-order valence-electron chi connectivity index (χ1n) is 5.95. The lowest BCUT2D eigenvalue weighted by Crippen LogP contribution is -2.49. The van der Waals surface area contributed by atoms with Crippen molar-refractivity contribution in [3.8, 4) is 0 Å². The van der Waals surface area contributed by atoms with Crippen LogP contribution in [0.2, 0.25) is 0 Å². The fourth-order valence-electron chi connectivity index (χ4n) is 2.38. The van der Waals surface area contributed by atoms with Crippen molar-refractivity contribution < 1.29 is 4.79 Å². The van der Waals surface area contributed by atoms with Crippen LogP contribution in [0.3, 0.4) is 0 Å². The number of hydrogen-bond donors (Lipinski definition) is 1. The van der Waals surface area contributed by atoms with Gasteiger partial charge in [0, 0.05) is 13.1 Å². The Labute approximate surface area is 91.5 Å². The zero-order valence-corrected chi connectivity index (χ0v) is 9.46. The molecule has 15 heavy (non-hydrogen) atoms. The Hall–Kier alpha value is -0.830. The fraction of sp³-hybridized carbons (Fsp3) is 0.750. The van der Waals surface area contributed by atoms with Crippen LogP contribution >= 0.6 is 0 Å². The number of carbonyl (C=O) groups is 1. The van der Waals surface area contributed by atoms with Crippen LogP contribution in [0.4, 0.5) is 0 Å². The number of nitrogens with one attached hydrogen (secondary N) is 1. The molecule has 0 bridgehead atoms. The highest BCUT2D eigenvalue weighted by molar-refractivity contribution is 5.82. The summed E-state index contributed by atoms with van der Waals surface area (Å²) in [7, 11) is 0. The van der Waals surface area contributed by atoms with E-state index in [1.807, 2.05) is 4.90 Å². The van der Waals surface area contributed by atoms with Gasteiger partial charge < -0.3 is 10.2 Å². The number of amides is 1. The minimum atomic E-state index is 0.0876. The third kappa shape index (κ3) is 2.59. The number of hydrogen-bond acceptors (Lipinski definition) is 2. The molecular weight excluding hydrogens is 188 g/mol. The van der Waals surface area contributed by atoms with Gasteiger partial charge in [-0.05, 0) is 32.7 Å². The molecule has 0 aliphatic carbocycles. The average Bonchev–Trinajstić information content (AvgIpc) is 2.29. The van der Waals surface area contributed by atoms with Crippen LogP contribution in [0.5, 0.6) is 0 Å². The summed E-state index contributed by atoms with van der Waals surface area (Å²) in [5.74, 6) is 0.308. The van der Waals surface area contributed by atoms with Gasteiger partial charge in [-0.3, -0.25) is 4.79 Å². The Balaban J connectivity index is 1.92. The monoisotopic (exact) mass is 208 g/mol. The van der Waals surface area contributed by atoms with E-state index in [0.29, 0.717) is 5.91 Å². The van der Waals surface area contributed by atoms with Gasteiger partial charge in [-0.2, -0.15) is 0 Å². The van der Waals surface area contributed by atoms with Crippen molar-refractivity contribution in [1.82, 2.24) is 10.2 Å². The lowest BCUT2D eigenvalue weighted by Gasteiger charge is -2.32. The summed E-state index contributed by atoms with van der Waals surface area (Å²) < 4.78 is 0. The fourth-order valence-corrected chi connectivity index (χ4v) is 2.38. The van der Waals surface area contributed by atoms with Crippen LogP contribution in [0, 0.1) is 0 Å². The molecule has 0 aromatic carbocycles. The van der Waals surface area contributed by atoms with Crippen molar-refractivity contribution >= 4 is 5.91 Å². The summed E-state index contributed by atoms with van der Waals surface area (Å²) in [5.41, 5.74) is 1.32. The molecule has 0 aromatic rings. The van der Waals surface area contributed by atoms with E-state index in [-0.39, 0.29) is 6.04 Å². The molecule has 2 heterocycles. The van der Waals surface area contributed by atoms with Crippen molar-refractivity contribution in [2.45, 2.75) is 38.6 Å². The first-order chi connectivity index (χ1) is 7.27. The van der Waals surface area contributed by atoms with Gasteiger partial charge in [0.15, 0.2) is 0 Å². The first kappa shape index (κ1) is 10.7. The normalized spacial score (nSPS) is 27.4. The van der Waals surface area contributed by atoms with Crippen molar-refractivity contribution in [1.29, 1.82) is 0 Å². The number of carbonyl (C=O) groups excluding carboxylic acids is 1. The second-order valence-corrected chi connectivity index (χ2v) is 4.60. The SMILES string of the molecule is CC1=CCCN(C(=O)[C@H]2CCCCN2)C1. The number of rotatable bonds is 1. The van der Waals surface area contributed by atoms with Gasteiger partial charge in [-0.1, -0.05) is 18.1 Å². The Kier molecular flexibility index (Phi) is 3.41. The summed E-state index contributed by atoms with van der Waals surface area (Å²) >= 11 is 0. The van der Waals surface area contributed by atoms with E-state index in [0.717, 1.165) is 32.5 Å². The maximum Gasteiger partial charge on any atom is 0.240 e. The van der Waals surface area contributed by atoms with Gasteiger partial charge in [0.1, 0.15) is 0 Å². The van der Waals surface area contributed by atoms with Gasteiger partial charge in [0.25, 0.3) is 0 Å². The summed E-state index contributed by atoms with van der Waals surface area (Å²) in [5, 5.41) is 3.32. The summed E-state index contributed by atoms with van der Waals surface area (Å²) in [6.07, 6.45) is 6.66. The number of nitrogens with zero attached hydrogens (tertiary/aromatic N) is 1. The Morgan fingerprint density at radius 2 is 2.40 bits per heavy atom. The van der Waals surface area contributed by atoms with E-state index >= 15 is 0 Å². The largest absolute Gasteiger partial charge is 0.337 e. The van der Waals surface area contributed by atoms with Crippen molar-refractivity contribution in [2.24, 2.45) is 0 Å². The molecule has 1 saturated heterocycles. The molecule has 1 fully saturated rings. The van der Waals surface area contributed by atoms with Crippen LogP contribution in [0.15, 0.2) is 11.6 Å². The van der Waals surface area contributed by atoms with E-state index in [9.17, 15) is 4.79 Å². The molecule has 2 aliphatic heterocycles. The predicted octanol–water partition coefficient (Wildman–Crippen LogP) is 1.31. The number of piperidine rings is 1. The maximum atomic E-state index is 12.1. The molecule has 0 spiro atoms. The first-order valence-corrected chi connectivity index (χ1v) is 5.95. The minimum absolute atomic E-state index is 0.0876. The van der Waals surface area contributed by atoms with E-state index in [2.05, 4.69) is 18.3 Å². The molecule has 0 unspecified atom stereocenters. The van der Waals surface area contributed by atoms with E-state index in [1.54, 1.807) is 0 Å². The van der Waals surface area contributed by atoms with E-state index in [4.69, 9.17) is 0 Å². The summed E-state index contributed by atoms with van der Waals surface area (Å²) in [4.78, 5) is 14.1. The molecule has 0 saturated carbocycles. The highest BCUT2D eigenvalue weighted by Crippen LogP contribution is 2.14. The zero-order chi connectivity index (χ0) is 10.7. The van der Waals surface area contributed by atoms with Crippen LogP contribution in [-0.4, -0.2) is 36.5 Å². The standard InChI is InChI=1S/C12H20N2O/c1-10-5-4-8-14(9-10)12(15)11-6-2-3-7-13-11/h5,11,13H,2-4,6-9H2,1H3/t11-/m1/s1. The van der Waals surface area contributed by atoms with Crippen LogP contribution < -0.4 is 5.32 Å². The van der Waals surface area contributed by atoms with Gasteiger partial charge in [-0.15, -0.1) is 0 Å². The topological polar surface area (TPSA) is 32.3 Å². The summed E-state index contributed by atoms with van der Waals surface area (Å²) in [6.45, 7) is 4.83. The van der Waals surface area contributed by atoms with Crippen LogP contribution in [0.1, 0.15) is 32.6 Å². The van der Waals surface area contributed by atoms with E-state index in [1.165, 1.54) is 18.4 Å². The van der Waals surface area contributed by atoms with Gasteiger partial charge in [0.05, 0.1) is 6.04 Å². The molecular formula is C12H20N2O. The third-order valence-corrected chi connectivity index (χ3v) is 3.25. The Morgan fingerprint density at radius 3 is 3.07 bits per heavy atom. The Morgan fingerprint density at radius 1 is 1.53 bits per heavy atom.